The highest BCUT2D eigenvalue weighted by Crippen LogP contribution is 2.22. The van der Waals surface area contributed by atoms with E-state index >= 15 is 0 Å². The van der Waals surface area contributed by atoms with E-state index in [4.69, 9.17) is 9.47 Å². The number of benzene rings is 2. The first-order valence-corrected chi connectivity index (χ1v) is 8.65. The third kappa shape index (κ3) is 5.53. The number of amides is 1. The smallest absolute Gasteiger partial charge is 0.261 e. The van der Waals surface area contributed by atoms with E-state index in [1.54, 1.807) is 0 Å². The van der Waals surface area contributed by atoms with Crippen LogP contribution in [0.2, 0.25) is 0 Å². The Morgan fingerprint density at radius 2 is 1.88 bits per heavy atom. The number of carbonyl (C=O) groups is 1. The molecule has 0 unspecified atom stereocenters. The lowest BCUT2D eigenvalue weighted by atomic mass is 10.1. The van der Waals surface area contributed by atoms with Gasteiger partial charge in [-0.1, -0.05) is 37.3 Å². The van der Waals surface area contributed by atoms with Crippen LogP contribution >= 0.6 is 0 Å². The molecule has 24 heavy (non-hydrogen) atoms. The maximum atomic E-state index is 12.3. The summed E-state index contributed by atoms with van der Waals surface area (Å²) in [6.07, 6.45) is 1.18. The molecule has 0 saturated carbocycles. The highest BCUT2D eigenvalue weighted by atomic mass is 16.5. The molecule has 2 aromatic carbocycles. The van der Waals surface area contributed by atoms with Gasteiger partial charge in [-0.05, 0) is 49.6 Å². The van der Waals surface area contributed by atoms with Crippen molar-refractivity contribution >= 4 is 16.7 Å². The van der Waals surface area contributed by atoms with Crippen LogP contribution in [0.25, 0.3) is 10.8 Å². The van der Waals surface area contributed by atoms with Gasteiger partial charge >= 0.3 is 0 Å². The Morgan fingerprint density at radius 1 is 1.12 bits per heavy atom. The lowest BCUT2D eigenvalue weighted by Gasteiger charge is -2.18. The Hall–Kier alpha value is -2.07. The molecule has 0 aliphatic rings. The predicted molar refractivity (Wildman–Crippen MR) is 97.4 cm³/mol. The zero-order chi connectivity index (χ0) is 17.4. The van der Waals surface area contributed by atoms with E-state index in [1.807, 2.05) is 57.2 Å². The molecule has 1 N–H and O–H groups in total. The summed E-state index contributed by atoms with van der Waals surface area (Å²) in [5.74, 6) is 0.647. The summed E-state index contributed by atoms with van der Waals surface area (Å²) in [4.78, 5) is 12.3. The van der Waals surface area contributed by atoms with Crippen LogP contribution in [0.3, 0.4) is 0 Å². The third-order valence-corrected chi connectivity index (χ3v) is 3.73. The van der Waals surface area contributed by atoms with Crippen molar-refractivity contribution in [1.82, 2.24) is 5.32 Å². The van der Waals surface area contributed by atoms with Crippen LogP contribution in [-0.2, 0) is 9.53 Å². The number of ether oxygens (including phenoxy) is 2. The zero-order valence-electron chi connectivity index (χ0n) is 14.7. The Balaban J connectivity index is 1.86. The number of nitrogens with one attached hydrogen (secondary N) is 1. The maximum Gasteiger partial charge on any atom is 0.261 e. The number of fused-ring (bicyclic) bond motifs is 1. The van der Waals surface area contributed by atoms with E-state index in [0.29, 0.717) is 19.6 Å². The van der Waals surface area contributed by atoms with E-state index in [0.717, 1.165) is 22.9 Å². The second-order valence-electron chi connectivity index (χ2n) is 6.09. The molecule has 130 valence electrons. The summed E-state index contributed by atoms with van der Waals surface area (Å²) in [7, 11) is 0. The molecule has 4 heteroatoms. The van der Waals surface area contributed by atoms with E-state index in [1.165, 1.54) is 0 Å². The van der Waals surface area contributed by atoms with Gasteiger partial charge in [0.05, 0.1) is 6.10 Å². The monoisotopic (exact) mass is 329 g/mol. The first-order chi connectivity index (χ1) is 11.6. The first kappa shape index (κ1) is 18.3. The number of hydrogen-bond donors (Lipinski definition) is 1. The van der Waals surface area contributed by atoms with Crippen molar-refractivity contribution in [2.45, 2.75) is 45.8 Å². The Kier molecular flexibility index (Phi) is 7.07. The van der Waals surface area contributed by atoms with Crippen molar-refractivity contribution in [3.05, 3.63) is 42.5 Å². The van der Waals surface area contributed by atoms with Gasteiger partial charge in [-0.3, -0.25) is 4.79 Å². The van der Waals surface area contributed by atoms with Crippen LogP contribution in [0.1, 0.15) is 33.6 Å². The van der Waals surface area contributed by atoms with Crippen molar-refractivity contribution in [1.29, 1.82) is 0 Å². The topological polar surface area (TPSA) is 47.6 Å². The second kappa shape index (κ2) is 9.28. The predicted octanol–water partition coefficient (Wildman–Crippen LogP) is 3.93. The summed E-state index contributed by atoms with van der Waals surface area (Å²) in [6, 6.07) is 14.0. The molecule has 0 saturated heterocycles. The molecular weight excluding hydrogens is 302 g/mol. The Bertz CT molecular complexity index is 654. The van der Waals surface area contributed by atoms with Gasteiger partial charge in [0.1, 0.15) is 5.75 Å². The lowest BCUT2D eigenvalue weighted by molar-refractivity contribution is -0.128. The Labute approximate surface area is 144 Å². The minimum absolute atomic E-state index is 0.0739. The van der Waals surface area contributed by atoms with Crippen molar-refractivity contribution in [3.8, 4) is 5.75 Å². The highest BCUT2D eigenvalue weighted by molar-refractivity contribution is 5.84. The molecule has 2 aromatic rings. The summed E-state index contributed by atoms with van der Waals surface area (Å²) >= 11 is 0. The van der Waals surface area contributed by atoms with Gasteiger partial charge in [0, 0.05) is 13.2 Å². The van der Waals surface area contributed by atoms with Crippen LogP contribution in [0.4, 0.5) is 0 Å². The van der Waals surface area contributed by atoms with Crippen molar-refractivity contribution < 1.29 is 14.3 Å². The van der Waals surface area contributed by atoms with Crippen LogP contribution < -0.4 is 10.1 Å². The quantitative estimate of drug-likeness (QED) is 0.709. The number of rotatable bonds is 9. The summed E-state index contributed by atoms with van der Waals surface area (Å²) in [5.41, 5.74) is 0. The average molecular weight is 329 g/mol. The lowest BCUT2D eigenvalue weighted by Crippen LogP contribution is -2.38. The molecule has 0 radical (unpaired) electrons. The molecule has 0 spiro atoms. The standard InChI is InChI=1S/C20H27NO3/c1-4-19(20(22)21-12-7-13-23-15(2)3)24-18-11-10-16-8-5-6-9-17(16)14-18/h5-6,8-11,14-15,19H,4,7,12-13H2,1-3H3,(H,21,22)/t19-/m1/s1. The second-order valence-corrected chi connectivity index (χ2v) is 6.09. The molecule has 0 aliphatic carbocycles. The van der Waals surface area contributed by atoms with Gasteiger partial charge in [-0.25, -0.2) is 0 Å². The molecule has 0 heterocycles. The number of carbonyl (C=O) groups excluding carboxylic acids is 1. The maximum absolute atomic E-state index is 12.3. The van der Waals surface area contributed by atoms with E-state index in [-0.39, 0.29) is 12.0 Å². The molecule has 2 rings (SSSR count). The van der Waals surface area contributed by atoms with Crippen molar-refractivity contribution in [2.24, 2.45) is 0 Å². The summed E-state index contributed by atoms with van der Waals surface area (Å²) in [6.45, 7) is 7.21. The zero-order valence-corrected chi connectivity index (χ0v) is 14.7. The largest absolute Gasteiger partial charge is 0.481 e. The average Bonchev–Trinajstić information content (AvgIpc) is 2.58. The molecular formula is C20H27NO3. The van der Waals surface area contributed by atoms with Gasteiger partial charge in [0.25, 0.3) is 5.91 Å². The highest BCUT2D eigenvalue weighted by Gasteiger charge is 2.17. The minimum atomic E-state index is -0.475. The molecule has 4 nitrogen and oxygen atoms in total. The molecule has 1 atom stereocenters. The Morgan fingerprint density at radius 3 is 2.58 bits per heavy atom. The van der Waals surface area contributed by atoms with Crippen LogP contribution in [0, 0.1) is 0 Å². The van der Waals surface area contributed by atoms with Gasteiger partial charge < -0.3 is 14.8 Å². The number of hydrogen-bond acceptors (Lipinski definition) is 3. The summed E-state index contributed by atoms with van der Waals surface area (Å²) in [5, 5.41) is 5.19. The molecule has 0 aromatic heterocycles. The normalized spacial score (nSPS) is 12.3. The van der Waals surface area contributed by atoms with Gasteiger partial charge in [0.15, 0.2) is 6.10 Å². The molecule has 1 amide bonds. The van der Waals surface area contributed by atoms with Gasteiger partial charge in [-0.2, -0.15) is 0 Å². The minimum Gasteiger partial charge on any atom is -0.481 e. The van der Waals surface area contributed by atoms with Gasteiger partial charge in [0.2, 0.25) is 0 Å². The molecule has 0 fully saturated rings. The molecule has 0 bridgehead atoms. The fourth-order valence-electron chi connectivity index (χ4n) is 2.44. The first-order valence-electron chi connectivity index (χ1n) is 8.65. The van der Waals surface area contributed by atoms with Gasteiger partial charge in [-0.15, -0.1) is 0 Å². The van der Waals surface area contributed by atoms with Crippen LogP contribution in [0.15, 0.2) is 42.5 Å². The fraction of sp³-hybridized carbons (Fsp3) is 0.450. The van der Waals surface area contributed by atoms with Crippen LogP contribution in [0.5, 0.6) is 5.75 Å². The van der Waals surface area contributed by atoms with Crippen molar-refractivity contribution in [2.75, 3.05) is 13.2 Å². The summed E-state index contributed by atoms with van der Waals surface area (Å²) < 4.78 is 11.3. The molecule has 0 aliphatic heterocycles. The fourth-order valence-corrected chi connectivity index (χ4v) is 2.44. The third-order valence-electron chi connectivity index (χ3n) is 3.73. The van der Waals surface area contributed by atoms with E-state index < -0.39 is 6.10 Å². The van der Waals surface area contributed by atoms with Crippen LogP contribution in [-0.4, -0.2) is 31.3 Å². The SMILES string of the molecule is CC[C@@H](Oc1ccc2ccccc2c1)C(=O)NCCCOC(C)C. The van der Waals surface area contributed by atoms with E-state index in [2.05, 4.69) is 11.4 Å². The van der Waals surface area contributed by atoms with E-state index in [9.17, 15) is 4.79 Å². The van der Waals surface area contributed by atoms with Crippen molar-refractivity contribution in [3.63, 3.8) is 0 Å².